The van der Waals surface area contributed by atoms with Crippen molar-refractivity contribution in [3.05, 3.63) is 37.1 Å². The first-order chi connectivity index (χ1) is 8.42. The van der Waals surface area contributed by atoms with Crippen molar-refractivity contribution in [3.63, 3.8) is 0 Å². The number of aromatic nitrogens is 2. The molecule has 0 spiro atoms. The maximum Gasteiger partial charge on any atom is 0.350 e. The fourth-order valence-electron chi connectivity index (χ4n) is 1.51. The molecule has 0 saturated carbocycles. The van der Waals surface area contributed by atoms with Crippen LogP contribution >= 0.6 is 11.6 Å². The molecule has 0 aliphatic rings. The molecule has 0 aromatic carbocycles. The summed E-state index contributed by atoms with van der Waals surface area (Å²) < 4.78 is 2.01. The molecule has 1 rings (SSSR count). The Bertz CT molecular complexity index is 563. The molecule has 0 saturated heterocycles. The van der Waals surface area contributed by atoms with Crippen molar-refractivity contribution in [2.45, 2.75) is 26.9 Å². The number of hydrogen-bond acceptors (Lipinski definition) is 4. The van der Waals surface area contributed by atoms with Crippen molar-refractivity contribution >= 4 is 17.3 Å². The SMILES string of the molecule is CCn1cc([N+](=O)[O-])c(=O)n(CC(C)CCl)c1=O. The van der Waals surface area contributed by atoms with E-state index >= 15 is 0 Å². The summed E-state index contributed by atoms with van der Waals surface area (Å²) in [5.74, 6) is 0.144. The van der Waals surface area contributed by atoms with Gasteiger partial charge < -0.3 is 0 Å². The number of nitro groups is 1. The monoisotopic (exact) mass is 275 g/mol. The van der Waals surface area contributed by atoms with Crippen LogP contribution in [0.4, 0.5) is 5.69 Å². The minimum absolute atomic E-state index is 0.0723. The van der Waals surface area contributed by atoms with E-state index in [9.17, 15) is 19.7 Å². The number of hydrogen-bond donors (Lipinski definition) is 0. The Hall–Kier alpha value is -1.63. The highest BCUT2D eigenvalue weighted by molar-refractivity contribution is 6.18. The summed E-state index contributed by atoms with van der Waals surface area (Å²) in [6, 6.07) is 0. The minimum atomic E-state index is -0.883. The first-order valence-corrected chi connectivity index (χ1v) is 6.00. The number of alkyl halides is 1. The van der Waals surface area contributed by atoms with E-state index in [1.807, 2.05) is 0 Å². The first kappa shape index (κ1) is 14.4. The largest absolute Gasteiger partial charge is 0.350 e. The Balaban J connectivity index is 3.48. The summed E-state index contributed by atoms with van der Waals surface area (Å²) in [6.07, 6.45) is 0.979. The van der Waals surface area contributed by atoms with Gasteiger partial charge in [-0.3, -0.25) is 24.0 Å². The van der Waals surface area contributed by atoms with Gasteiger partial charge in [0.1, 0.15) is 0 Å². The molecule has 0 fully saturated rings. The molecular formula is C10H14ClN3O4. The van der Waals surface area contributed by atoms with Gasteiger partial charge in [0.25, 0.3) is 0 Å². The summed E-state index contributed by atoms with van der Waals surface area (Å²) in [7, 11) is 0. The average Bonchev–Trinajstić information content (AvgIpc) is 2.33. The predicted octanol–water partition coefficient (Wildman–Crippen LogP) is 0.813. The fraction of sp³-hybridized carbons (Fsp3) is 0.600. The van der Waals surface area contributed by atoms with Gasteiger partial charge in [0.05, 0.1) is 11.1 Å². The first-order valence-electron chi connectivity index (χ1n) is 5.47. The van der Waals surface area contributed by atoms with Crippen molar-refractivity contribution in [3.8, 4) is 0 Å². The molecule has 8 heteroatoms. The molecular weight excluding hydrogens is 262 g/mol. The highest BCUT2D eigenvalue weighted by Gasteiger charge is 2.20. The Morgan fingerprint density at radius 2 is 2.11 bits per heavy atom. The Morgan fingerprint density at radius 1 is 1.50 bits per heavy atom. The van der Waals surface area contributed by atoms with Crippen LogP contribution in [0.15, 0.2) is 15.8 Å². The zero-order valence-corrected chi connectivity index (χ0v) is 10.9. The van der Waals surface area contributed by atoms with Crippen LogP contribution in [-0.4, -0.2) is 19.9 Å². The molecule has 0 bridgehead atoms. The lowest BCUT2D eigenvalue weighted by Gasteiger charge is -2.11. The van der Waals surface area contributed by atoms with Crippen molar-refractivity contribution in [2.75, 3.05) is 5.88 Å². The highest BCUT2D eigenvalue weighted by Crippen LogP contribution is 2.03. The second kappa shape index (κ2) is 5.81. The molecule has 0 aliphatic heterocycles. The van der Waals surface area contributed by atoms with Crippen molar-refractivity contribution in [1.82, 2.24) is 9.13 Å². The molecule has 1 aromatic heterocycles. The smallest absolute Gasteiger partial charge is 0.294 e. The molecule has 0 N–H and O–H groups in total. The van der Waals surface area contributed by atoms with Crippen LogP contribution in [0, 0.1) is 16.0 Å². The van der Waals surface area contributed by atoms with E-state index < -0.39 is 21.9 Å². The molecule has 0 radical (unpaired) electrons. The third-order valence-electron chi connectivity index (χ3n) is 2.51. The number of halogens is 1. The van der Waals surface area contributed by atoms with E-state index in [2.05, 4.69) is 0 Å². The van der Waals surface area contributed by atoms with E-state index in [0.29, 0.717) is 0 Å². The highest BCUT2D eigenvalue weighted by atomic mass is 35.5. The van der Waals surface area contributed by atoms with Gasteiger partial charge in [-0.15, -0.1) is 11.6 Å². The van der Waals surface area contributed by atoms with Gasteiger partial charge in [0.15, 0.2) is 0 Å². The summed E-state index contributed by atoms with van der Waals surface area (Å²) in [4.78, 5) is 33.7. The lowest BCUT2D eigenvalue weighted by Crippen LogP contribution is -2.41. The van der Waals surface area contributed by atoms with Crippen LogP contribution in [0.5, 0.6) is 0 Å². The van der Waals surface area contributed by atoms with Gasteiger partial charge in [-0.05, 0) is 12.8 Å². The summed E-state index contributed by atoms with van der Waals surface area (Å²) in [5, 5.41) is 10.8. The van der Waals surface area contributed by atoms with Crippen molar-refractivity contribution < 1.29 is 4.92 Å². The molecule has 1 heterocycles. The maximum atomic E-state index is 11.9. The van der Waals surface area contributed by atoms with Crippen LogP contribution in [-0.2, 0) is 13.1 Å². The van der Waals surface area contributed by atoms with E-state index in [1.165, 1.54) is 0 Å². The topological polar surface area (TPSA) is 87.1 Å². The summed E-state index contributed by atoms with van der Waals surface area (Å²) in [6.45, 7) is 3.76. The van der Waals surface area contributed by atoms with Crippen LogP contribution in [0.3, 0.4) is 0 Å². The second-order valence-corrected chi connectivity index (χ2v) is 4.32. The van der Waals surface area contributed by atoms with Gasteiger partial charge in [-0.25, -0.2) is 4.79 Å². The van der Waals surface area contributed by atoms with Gasteiger partial charge in [-0.2, -0.15) is 0 Å². The van der Waals surface area contributed by atoms with Crippen LogP contribution in [0.1, 0.15) is 13.8 Å². The minimum Gasteiger partial charge on any atom is -0.294 e. The normalized spacial score (nSPS) is 12.4. The van der Waals surface area contributed by atoms with Crippen molar-refractivity contribution in [1.29, 1.82) is 0 Å². The zero-order chi connectivity index (χ0) is 13.9. The molecule has 7 nitrogen and oxygen atoms in total. The standard InChI is InChI=1S/C10H14ClN3O4/c1-3-12-6-8(14(17)18)9(15)13(10(12)16)5-7(2)4-11/h6-7H,3-5H2,1-2H3. The molecule has 1 aromatic rings. The Morgan fingerprint density at radius 3 is 2.56 bits per heavy atom. The molecule has 1 atom stereocenters. The second-order valence-electron chi connectivity index (χ2n) is 4.02. The third-order valence-corrected chi connectivity index (χ3v) is 3.04. The quantitative estimate of drug-likeness (QED) is 0.452. The Labute approximate surface area is 108 Å². The molecule has 0 aliphatic carbocycles. The summed E-state index contributed by atoms with van der Waals surface area (Å²) in [5.41, 5.74) is -2.03. The molecule has 0 amide bonds. The third kappa shape index (κ3) is 2.79. The van der Waals surface area contributed by atoms with Gasteiger partial charge >= 0.3 is 16.9 Å². The Kier molecular flexibility index (Phi) is 4.66. The van der Waals surface area contributed by atoms with Crippen molar-refractivity contribution in [2.24, 2.45) is 5.92 Å². The van der Waals surface area contributed by atoms with Gasteiger partial charge in [0.2, 0.25) is 0 Å². The average molecular weight is 276 g/mol. The number of aryl methyl sites for hydroxylation is 1. The lowest BCUT2D eigenvalue weighted by atomic mass is 10.2. The fourth-order valence-corrected chi connectivity index (χ4v) is 1.61. The van der Waals surface area contributed by atoms with Crippen LogP contribution in [0.25, 0.3) is 0 Å². The number of nitrogens with zero attached hydrogens (tertiary/aromatic N) is 3. The van der Waals surface area contributed by atoms with Crippen LogP contribution in [0.2, 0.25) is 0 Å². The maximum absolute atomic E-state index is 11.9. The van der Waals surface area contributed by atoms with Gasteiger partial charge in [0, 0.05) is 19.0 Å². The van der Waals surface area contributed by atoms with E-state index in [4.69, 9.17) is 11.6 Å². The number of rotatable bonds is 5. The predicted molar refractivity (Wildman–Crippen MR) is 67.2 cm³/mol. The molecule has 100 valence electrons. The molecule has 18 heavy (non-hydrogen) atoms. The van der Waals surface area contributed by atoms with E-state index in [1.54, 1.807) is 13.8 Å². The summed E-state index contributed by atoms with van der Waals surface area (Å²) >= 11 is 5.62. The van der Waals surface area contributed by atoms with Gasteiger partial charge in [-0.1, -0.05) is 6.92 Å². The zero-order valence-electron chi connectivity index (χ0n) is 10.1. The van der Waals surface area contributed by atoms with E-state index in [0.717, 1.165) is 15.3 Å². The molecule has 1 unspecified atom stereocenters. The van der Waals surface area contributed by atoms with E-state index in [-0.39, 0.29) is 24.9 Å². The van der Waals surface area contributed by atoms with Crippen LogP contribution < -0.4 is 11.2 Å². The lowest BCUT2D eigenvalue weighted by molar-refractivity contribution is -0.387.